The number of rotatable bonds is 4. The van der Waals surface area contributed by atoms with Gasteiger partial charge in [-0.15, -0.1) is 0 Å². The van der Waals surface area contributed by atoms with E-state index in [1.807, 2.05) is 31.2 Å². The summed E-state index contributed by atoms with van der Waals surface area (Å²) in [6.45, 7) is 2.79. The quantitative estimate of drug-likeness (QED) is 0.678. The van der Waals surface area contributed by atoms with Crippen molar-refractivity contribution in [2.24, 2.45) is 11.0 Å². The van der Waals surface area contributed by atoms with Crippen LogP contribution in [0.3, 0.4) is 0 Å². The molecule has 0 spiro atoms. The Morgan fingerprint density at radius 1 is 1.10 bits per heavy atom. The number of carbonyl (C=O) groups is 2. The lowest BCUT2D eigenvalue weighted by atomic mass is 9.91. The Balaban J connectivity index is 1.67. The zero-order valence-electron chi connectivity index (χ0n) is 16.8. The number of benzene rings is 2. The van der Waals surface area contributed by atoms with Gasteiger partial charge < -0.3 is 0 Å². The van der Waals surface area contributed by atoms with Crippen molar-refractivity contribution in [1.29, 1.82) is 0 Å². The molecule has 2 atom stereocenters. The fourth-order valence-electron chi connectivity index (χ4n) is 3.98. The molecule has 2 aliphatic rings. The number of carbonyl (C=O) groups excluding carboxylic acids is 2. The highest BCUT2D eigenvalue weighted by Gasteiger charge is 2.40. The van der Waals surface area contributed by atoms with Crippen molar-refractivity contribution in [2.75, 3.05) is 18.1 Å². The number of hydrogen-bond acceptors (Lipinski definition) is 5. The zero-order valence-corrected chi connectivity index (χ0v) is 19.1. The number of hydrazine groups is 1. The van der Waals surface area contributed by atoms with Crippen LogP contribution in [0.4, 0.5) is 5.69 Å². The summed E-state index contributed by atoms with van der Waals surface area (Å²) in [5, 5.41) is 9.64. The number of nitrogens with zero attached hydrogens (tertiary/aromatic N) is 3. The molecule has 9 heteroatoms. The first-order chi connectivity index (χ1) is 14.8. The van der Waals surface area contributed by atoms with Crippen LogP contribution >= 0.6 is 34.8 Å². The predicted octanol–water partition coefficient (Wildman–Crippen LogP) is 4.90. The van der Waals surface area contributed by atoms with Crippen molar-refractivity contribution >= 4 is 57.9 Å². The number of amides is 1. The minimum Gasteiger partial charge on any atom is -0.298 e. The Labute approximate surface area is 195 Å². The van der Waals surface area contributed by atoms with E-state index < -0.39 is 0 Å². The number of nitrogens with one attached hydrogen (secondary N) is 1. The number of hydrogen-bond donors (Lipinski definition) is 1. The Morgan fingerprint density at radius 2 is 1.81 bits per heavy atom. The Bertz CT molecular complexity index is 1040. The summed E-state index contributed by atoms with van der Waals surface area (Å²) in [4.78, 5) is 24.8. The first kappa shape index (κ1) is 22.1. The minimum absolute atomic E-state index is 0.113. The van der Waals surface area contributed by atoms with Crippen LogP contribution in [-0.2, 0) is 9.59 Å². The molecule has 0 unspecified atom stereocenters. The second-order valence-corrected chi connectivity index (χ2v) is 9.00. The number of halogens is 3. The second-order valence-electron chi connectivity index (χ2n) is 7.72. The third-order valence-corrected chi connectivity index (χ3v) is 6.28. The van der Waals surface area contributed by atoms with Crippen LogP contribution in [0.1, 0.15) is 31.4 Å². The van der Waals surface area contributed by atoms with Gasteiger partial charge in [-0.1, -0.05) is 53.9 Å². The number of anilines is 1. The van der Waals surface area contributed by atoms with Crippen molar-refractivity contribution in [3.05, 3.63) is 63.1 Å². The molecular weight excluding hydrogens is 459 g/mol. The maximum absolute atomic E-state index is 13.1. The first-order valence-electron chi connectivity index (χ1n) is 9.99. The molecule has 6 nitrogen and oxygen atoms in total. The SMILES string of the molecule is C[C@H]1C(C(=O)NN2CCCC(=O)C2)=NN(c2ccc(Cl)cc2Cl)[C@H]1c1ccc(Cl)cc1. The maximum atomic E-state index is 13.1. The van der Waals surface area contributed by atoms with Gasteiger partial charge in [0.2, 0.25) is 0 Å². The van der Waals surface area contributed by atoms with E-state index in [0.717, 1.165) is 12.0 Å². The van der Waals surface area contributed by atoms with Crippen LogP contribution in [0.5, 0.6) is 0 Å². The molecule has 1 saturated heterocycles. The molecule has 1 amide bonds. The Hall–Kier alpha value is -2.12. The summed E-state index contributed by atoms with van der Waals surface area (Å²) >= 11 is 18.6. The highest BCUT2D eigenvalue weighted by Crippen LogP contribution is 2.42. The van der Waals surface area contributed by atoms with Gasteiger partial charge in [-0.25, -0.2) is 5.01 Å². The topological polar surface area (TPSA) is 65.0 Å². The third kappa shape index (κ3) is 4.72. The molecule has 2 heterocycles. The van der Waals surface area contributed by atoms with E-state index in [0.29, 0.717) is 39.4 Å². The fraction of sp³-hybridized carbons (Fsp3) is 0.318. The summed E-state index contributed by atoms with van der Waals surface area (Å²) in [6, 6.07) is 12.4. The van der Waals surface area contributed by atoms with Gasteiger partial charge in [-0.2, -0.15) is 5.10 Å². The number of hydrazone groups is 1. The molecule has 1 fully saturated rings. The molecule has 0 aromatic heterocycles. The molecule has 2 aromatic carbocycles. The predicted molar refractivity (Wildman–Crippen MR) is 124 cm³/mol. The largest absolute Gasteiger partial charge is 0.298 e. The highest BCUT2D eigenvalue weighted by molar-refractivity contribution is 6.41. The highest BCUT2D eigenvalue weighted by atomic mass is 35.5. The molecule has 0 radical (unpaired) electrons. The molecule has 1 N–H and O–H groups in total. The van der Waals surface area contributed by atoms with Crippen LogP contribution in [-0.4, -0.2) is 35.5 Å². The molecule has 162 valence electrons. The van der Waals surface area contributed by atoms with Gasteiger partial charge in [0.05, 0.1) is 23.3 Å². The van der Waals surface area contributed by atoms with Gasteiger partial charge in [-0.05, 0) is 42.3 Å². The smallest absolute Gasteiger partial charge is 0.282 e. The summed E-state index contributed by atoms with van der Waals surface area (Å²) in [7, 11) is 0. The van der Waals surface area contributed by atoms with E-state index in [4.69, 9.17) is 34.8 Å². The fourth-order valence-corrected chi connectivity index (χ4v) is 4.60. The number of piperidine rings is 1. The lowest BCUT2D eigenvalue weighted by Crippen LogP contribution is -2.50. The second kappa shape index (κ2) is 9.17. The molecule has 2 aromatic rings. The standard InChI is InChI=1S/C22H21Cl3N4O2/c1-13-20(22(31)27-28-10-2-3-17(30)12-28)26-29(19-9-8-16(24)11-18(19)25)21(13)14-4-6-15(23)7-5-14/h4-9,11,13,21H,2-3,10,12H2,1H3,(H,27,31)/t13-,21+/m0/s1. The molecule has 2 aliphatic heterocycles. The lowest BCUT2D eigenvalue weighted by Gasteiger charge is -2.28. The Morgan fingerprint density at radius 3 is 2.48 bits per heavy atom. The maximum Gasteiger partial charge on any atom is 0.282 e. The lowest BCUT2D eigenvalue weighted by molar-refractivity contribution is -0.126. The molecule has 0 saturated carbocycles. The summed E-state index contributed by atoms with van der Waals surface area (Å²) in [5.41, 5.74) is 4.80. The van der Waals surface area contributed by atoms with E-state index >= 15 is 0 Å². The number of Topliss-reactive ketones (excluding diaryl/α,β-unsaturated/α-hetero) is 1. The van der Waals surface area contributed by atoms with Crippen LogP contribution < -0.4 is 10.4 Å². The Kier molecular flexibility index (Phi) is 6.53. The van der Waals surface area contributed by atoms with Crippen LogP contribution in [0.15, 0.2) is 47.6 Å². The molecular formula is C22H21Cl3N4O2. The molecule has 0 aliphatic carbocycles. The van der Waals surface area contributed by atoms with Crippen LogP contribution in [0.2, 0.25) is 15.1 Å². The summed E-state index contributed by atoms with van der Waals surface area (Å²) < 4.78 is 0. The van der Waals surface area contributed by atoms with Gasteiger partial charge in [-0.3, -0.25) is 20.0 Å². The van der Waals surface area contributed by atoms with Crippen molar-refractivity contribution in [2.45, 2.75) is 25.8 Å². The van der Waals surface area contributed by atoms with Crippen molar-refractivity contribution in [3.63, 3.8) is 0 Å². The molecule has 0 bridgehead atoms. The van der Waals surface area contributed by atoms with E-state index in [2.05, 4.69) is 10.5 Å². The average molecular weight is 480 g/mol. The van der Waals surface area contributed by atoms with E-state index in [1.165, 1.54) is 0 Å². The van der Waals surface area contributed by atoms with Crippen LogP contribution in [0.25, 0.3) is 0 Å². The van der Waals surface area contributed by atoms with E-state index in [1.54, 1.807) is 28.2 Å². The summed E-state index contributed by atoms with van der Waals surface area (Å²) in [5.74, 6) is -0.455. The van der Waals surface area contributed by atoms with Gasteiger partial charge in [0.1, 0.15) is 11.5 Å². The van der Waals surface area contributed by atoms with Crippen molar-refractivity contribution in [1.82, 2.24) is 10.4 Å². The first-order valence-corrected chi connectivity index (χ1v) is 11.1. The van der Waals surface area contributed by atoms with Gasteiger partial charge in [0.15, 0.2) is 0 Å². The zero-order chi connectivity index (χ0) is 22.1. The van der Waals surface area contributed by atoms with Gasteiger partial charge >= 0.3 is 0 Å². The monoisotopic (exact) mass is 478 g/mol. The van der Waals surface area contributed by atoms with Gasteiger partial charge in [0, 0.05) is 28.9 Å². The molecule has 4 rings (SSSR count). The van der Waals surface area contributed by atoms with Gasteiger partial charge in [0.25, 0.3) is 5.91 Å². The van der Waals surface area contributed by atoms with Crippen molar-refractivity contribution < 1.29 is 9.59 Å². The minimum atomic E-state index is -0.325. The number of ketones is 1. The van der Waals surface area contributed by atoms with E-state index in [9.17, 15) is 9.59 Å². The molecule has 31 heavy (non-hydrogen) atoms. The average Bonchev–Trinajstić information content (AvgIpc) is 3.06. The normalized spacial score (nSPS) is 21.9. The van der Waals surface area contributed by atoms with Crippen molar-refractivity contribution in [3.8, 4) is 0 Å². The summed E-state index contributed by atoms with van der Waals surface area (Å²) in [6.07, 6.45) is 1.27. The third-order valence-electron chi connectivity index (χ3n) is 5.50. The van der Waals surface area contributed by atoms with Crippen LogP contribution in [0, 0.1) is 5.92 Å². The van der Waals surface area contributed by atoms with E-state index in [-0.39, 0.29) is 30.2 Å².